The van der Waals surface area contributed by atoms with Gasteiger partial charge in [-0.2, -0.15) is 5.26 Å². The van der Waals surface area contributed by atoms with Crippen LogP contribution in [0.2, 0.25) is 0 Å². The highest BCUT2D eigenvalue weighted by Crippen LogP contribution is 1.94. The average molecular weight is 127 g/mol. The normalized spacial score (nSPS) is 11.7. The first-order chi connectivity index (χ1) is 4.20. The maximum atomic E-state index is 10.2. The quantitative estimate of drug-likeness (QED) is 0.517. The van der Waals surface area contributed by atoms with Gasteiger partial charge in [-0.25, -0.2) is 0 Å². The molecule has 3 nitrogen and oxygen atoms in total. The predicted octanol–water partition coefficient (Wildman–Crippen LogP) is 0.852. The molecule has 0 aliphatic carbocycles. The van der Waals surface area contributed by atoms with Crippen molar-refractivity contribution in [3.63, 3.8) is 0 Å². The molecule has 50 valence electrons. The zero-order chi connectivity index (χ0) is 7.28. The van der Waals surface area contributed by atoms with Gasteiger partial charge in [0.1, 0.15) is 6.07 Å². The molecular weight excluding hydrogens is 118 g/mol. The van der Waals surface area contributed by atoms with Crippen LogP contribution in [0.5, 0.6) is 0 Å². The largest absolute Gasteiger partial charge is 0.447 e. The van der Waals surface area contributed by atoms with Crippen molar-refractivity contribution in [1.29, 1.82) is 5.26 Å². The number of esters is 1. The standard InChI is InChI=1S/C6H9NO2/c1-3-6(4-7)9-5(2)8/h6H,3H2,1-2H3. The third kappa shape index (κ3) is 3.53. The summed E-state index contributed by atoms with van der Waals surface area (Å²) in [5, 5.41) is 8.25. The minimum atomic E-state index is -0.567. The van der Waals surface area contributed by atoms with Crippen LogP contribution in [0.15, 0.2) is 0 Å². The van der Waals surface area contributed by atoms with Gasteiger partial charge in [-0.05, 0) is 6.42 Å². The van der Waals surface area contributed by atoms with Gasteiger partial charge in [0.2, 0.25) is 0 Å². The number of rotatable bonds is 2. The van der Waals surface area contributed by atoms with Gasteiger partial charge in [-0.3, -0.25) is 4.79 Å². The Kier molecular flexibility index (Phi) is 3.45. The van der Waals surface area contributed by atoms with Crippen LogP contribution in [0.1, 0.15) is 20.3 Å². The van der Waals surface area contributed by atoms with E-state index >= 15 is 0 Å². The summed E-state index contributed by atoms with van der Waals surface area (Å²) in [6, 6.07) is 1.84. The lowest BCUT2D eigenvalue weighted by Gasteiger charge is -2.03. The van der Waals surface area contributed by atoms with E-state index in [1.807, 2.05) is 6.07 Å². The van der Waals surface area contributed by atoms with E-state index in [-0.39, 0.29) is 0 Å². The zero-order valence-electron chi connectivity index (χ0n) is 5.55. The van der Waals surface area contributed by atoms with Crippen LogP contribution >= 0.6 is 0 Å². The highest BCUT2D eigenvalue weighted by Gasteiger charge is 2.05. The predicted molar refractivity (Wildman–Crippen MR) is 31.5 cm³/mol. The molecule has 0 amide bonds. The van der Waals surface area contributed by atoms with Crippen LogP contribution < -0.4 is 0 Å². The fourth-order valence-corrected chi connectivity index (χ4v) is 0.401. The lowest BCUT2D eigenvalue weighted by atomic mass is 10.3. The lowest BCUT2D eigenvalue weighted by molar-refractivity contribution is -0.143. The Morgan fingerprint density at radius 2 is 2.44 bits per heavy atom. The average Bonchev–Trinajstić information content (AvgIpc) is 1.82. The van der Waals surface area contributed by atoms with Crippen molar-refractivity contribution in [3.8, 4) is 6.07 Å². The molecule has 0 aromatic rings. The fourth-order valence-electron chi connectivity index (χ4n) is 0.401. The van der Waals surface area contributed by atoms with E-state index in [2.05, 4.69) is 4.74 Å². The van der Waals surface area contributed by atoms with Crippen LogP contribution in [-0.4, -0.2) is 12.1 Å². The SMILES string of the molecule is CCC(C#N)OC(C)=O. The molecular formula is C6H9NO2. The molecule has 0 radical (unpaired) electrons. The van der Waals surface area contributed by atoms with E-state index < -0.39 is 12.1 Å². The fraction of sp³-hybridized carbons (Fsp3) is 0.667. The van der Waals surface area contributed by atoms with Gasteiger partial charge in [0.25, 0.3) is 0 Å². The van der Waals surface area contributed by atoms with Gasteiger partial charge in [0, 0.05) is 6.92 Å². The summed E-state index contributed by atoms with van der Waals surface area (Å²) < 4.78 is 4.55. The number of nitrogens with zero attached hydrogens (tertiary/aromatic N) is 1. The first kappa shape index (κ1) is 7.96. The molecule has 0 heterocycles. The second-order valence-corrected chi connectivity index (χ2v) is 1.64. The van der Waals surface area contributed by atoms with E-state index in [0.29, 0.717) is 6.42 Å². The van der Waals surface area contributed by atoms with Crippen molar-refractivity contribution in [2.24, 2.45) is 0 Å². The second kappa shape index (κ2) is 3.90. The van der Waals surface area contributed by atoms with E-state index in [1.54, 1.807) is 6.92 Å². The molecule has 0 N–H and O–H groups in total. The topological polar surface area (TPSA) is 50.1 Å². The number of hydrogen-bond acceptors (Lipinski definition) is 3. The van der Waals surface area contributed by atoms with Crippen LogP contribution in [0.25, 0.3) is 0 Å². The molecule has 0 fully saturated rings. The third-order valence-electron chi connectivity index (χ3n) is 0.823. The van der Waals surface area contributed by atoms with Crippen molar-refractivity contribution in [3.05, 3.63) is 0 Å². The minimum Gasteiger partial charge on any atom is -0.447 e. The van der Waals surface area contributed by atoms with E-state index in [9.17, 15) is 4.79 Å². The molecule has 0 rings (SSSR count). The van der Waals surface area contributed by atoms with Crippen LogP contribution in [0.3, 0.4) is 0 Å². The summed E-state index contributed by atoms with van der Waals surface area (Å²) in [5.74, 6) is -0.400. The van der Waals surface area contributed by atoms with E-state index in [4.69, 9.17) is 5.26 Å². The third-order valence-corrected chi connectivity index (χ3v) is 0.823. The van der Waals surface area contributed by atoms with E-state index in [1.165, 1.54) is 6.92 Å². The van der Waals surface area contributed by atoms with Crippen molar-refractivity contribution < 1.29 is 9.53 Å². The molecule has 0 aliphatic rings. The number of carbonyl (C=O) groups is 1. The molecule has 0 aromatic heterocycles. The lowest BCUT2D eigenvalue weighted by Crippen LogP contribution is -2.12. The van der Waals surface area contributed by atoms with Crippen LogP contribution in [0.4, 0.5) is 0 Å². The Labute approximate surface area is 54.2 Å². The zero-order valence-corrected chi connectivity index (χ0v) is 5.55. The van der Waals surface area contributed by atoms with Gasteiger partial charge in [0.15, 0.2) is 6.10 Å². The monoisotopic (exact) mass is 127 g/mol. The van der Waals surface area contributed by atoms with Crippen LogP contribution in [-0.2, 0) is 9.53 Å². The number of nitriles is 1. The van der Waals surface area contributed by atoms with Crippen molar-refractivity contribution in [2.45, 2.75) is 26.4 Å². The van der Waals surface area contributed by atoms with Crippen molar-refractivity contribution >= 4 is 5.97 Å². The van der Waals surface area contributed by atoms with E-state index in [0.717, 1.165) is 0 Å². The molecule has 0 bridgehead atoms. The first-order valence-corrected chi connectivity index (χ1v) is 2.77. The first-order valence-electron chi connectivity index (χ1n) is 2.77. The molecule has 0 saturated carbocycles. The van der Waals surface area contributed by atoms with Crippen LogP contribution in [0, 0.1) is 11.3 Å². The smallest absolute Gasteiger partial charge is 0.303 e. The molecule has 0 aromatic carbocycles. The maximum absolute atomic E-state index is 10.2. The number of carbonyl (C=O) groups excluding carboxylic acids is 1. The second-order valence-electron chi connectivity index (χ2n) is 1.64. The molecule has 0 spiro atoms. The summed E-state index contributed by atoms with van der Waals surface area (Å²) in [6.07, 6.45) is -0.0155. The highest BCUT2D eigenvalue weighted by atomic mass is 16.5. The summed E-state index contributed by atoms with van der Waals surface area (Å²) in [6.45, 7) is 3.08. The Hall–Kier alpha value is -1.04. The Morgan fingerprint density at radius 1 is 1.89 bits per heavy atom. The maximum Gasteiger partial charge on any atom is 0.303 e. The minimum absolute atomic E-state index is 0.400. The van der Waals surface area contributed by atoms with Gasteiger partial charge in [0.05, 0.1) is 0 Å². The molecule has 0 aliphatic heterocycles. The molecule has 1 atom stereocenters. The van der Waals surface area contributed by atoms with Crippen molar-refractivity contribution in [1.82, 2.24) is 0 Å². The number of hydrogen-bond donors (Lipinski definition) is 0. The van der Waals surface area contributed by atoms with Gasteiger partial charge >= 0.3 is 5.97 Å². The summed E-state index contributed by atoms with van der Waals surface area (Å²) in [7, 11) is 0. The number of ether oxygens (including phenoxy) is 1. The van der Waals surface area contributed by atoms with Crippen molar-refractivity contribution in [2.75, 3.05) is 0 Å². The molecule has 1 unspecified atom stereocenters. The Bertz CT molecular complexity index is 136. The Morgan fingerprint density at radius 3 is 2.56 bits per heavy atom. The van der Waals surface area contributed by atoms with Gasteiger partial charge in [-0.1, -0.05) is 6.92 Å². The summed E-state index contributed by atoms with van der Waals surface area (Å²) in [4.78, 5) is 10.2. The molecule has 0 saturated heterocycles. The summed E-state index contributed by atoms with van der Waals surface area (Å²) in [5.41, 5.74) is 0. The highest BCUT2D eigenvalue weighted by molar-refractivity contribution is 5.66. The summed E-state index contributed by atoms with van der Waals surface area (Å²) >= 11 is 0. The van der Waals surface area contributed by atoms with Gasteiger partial charge in [-0.15, -0.1) is 0 Å². The molecule has 3 heteroatoms. The van der Waals surface area contributed by atoms with Gasteiger partial charge < -0.3 is 4.74 Å². The Balaban J connectivity index is 3.60. The molecule has 9 heavy (non-hydrogen) atoms.